The molecular weight excluding hydrogens is 176 g/mol. The minimum atomic E-state index is -0.593. The first kappa shape index (κ1) is 13.7. The largest absolute Gasteiger partial charge is 0.347 e. The highest BCUT2D eigenvalue weighted by atomic mass is 16.7. The third-order valence-corrected chi connectivity index (χ3v) is 2.14. The summed E-state index contributed by atoms with van der Waals surface area (Å²) in [5.74, 6) is -0.593. The summed E-state index contributed by atoms with van der Waals surface area (Å²) in [5, 5.41) is 0. The van der Waals surface area contributed by atoms with Crippen molar-refractivity contribution >= 4 is 0 Å². The lowest BCUT2D eigenvalue weighted by Gasteiger charge is -2.26. The molecule has 0 aromatic rings. The Morgan fingerprint density at radius 3 is 1.79 bits per heavy atom. The third kappa shape index (κ3) is 6.17. The van der Waals surface area contributed by atoms with Gasteiger partial charge in [0, 0.05) is 0 Å². The summed E-state index contributed by atoms with van der Waals surface area (Å²) in [6, 6.07) is 0. The molecule has 2 heteroatoms. The molecule has 0 saturated carbocycles. The van der Waals surface area contributed by atoms with Crippen LogP contribution in [-0.2, 0) is 9.47 Å². The fourth-order valence-corrected chi connectivity index (χ4v) is 0.998. The number of rotatable bonds is 9. The Labute approximate surface area is 88.3 Å². The fourth-order valence-electron chi connectivity index (χ4n) is 0.998. The normalized spacial score (nSPS) is 11.6. The van der Waals surface area contributed by atoms with E-state index in [2.05, 4.69) is 20.4 Å². The molecule has 0 fully saturated rings. The van der Waals surface area contributed by atoms with Crippen LogP contribution in [0.15, 0.2) is 12.7 Å². The molecule has 0 aromatic carbocycles. The number of hydrogen-bond donors (Lipinski definition) is 0. The lowest BCUT2D eigenvalue weighted by atomic mass is 10.3. The van der Waals surface area contributed by atoms with Crippen molar-refractivity contribution in [1.82, 2.24) is 0 Å². The van der Waals surface area contributed by atoms with E-state index >= 15 is 0 Å². The van der Waals surface area contributed by atoms with Gasteiger partial charge in [0.2, 0.25) is 0 Å². The van der Waals surface area contributed by atoms with Crippen LogP contribution in [0.25, 0.3) is 0 Å². The van der Waals surface area contributed by atoms with E-state index in [1.165, 1.54) is 0 Å². The Morgan fingerprint density at radius 1 is 1.07 bits per heavy atom. The molecule has 0 spiro atoms. The summed E-state index contributed by atoms with van der Waals surface area (Å²) in [4.78, 5) is 0. The van der Waals surface area contributed by atoms with Gasteiger partial charge in [0.1, 0.15) is 0 Å². The van der Waals surface area contributed by atoms with Crippen LogP contribution in [0.5, 0.6) is 0 Å². The van der Waals surface area contributed by atoms with E-state index in [4.69, 9.17) is 9.47 Å². The van der Waals surface area contributed by atoms with Crippen molar-refractivity contribution in [2.75, 3.05) is 13.2 Å². The SMILES string of the molecule is C=CC(C)(OCCCC)OCCCC. The lowest BCUT2D eigenvalue weighted by molar-refractivity contribution is -0.192. The van der Waals surface area contributed by atoms with Gasteiger partial charge in [0.25, 0.3) is 0 Å². The van der Waals surface area contributed by atoms with Gasteiger partial charge in [0.15, 0.2) is 5.79 Å². The maximum atomic E-state index is 5.63. The van der Waals surface area contributed by atoms with Gasteiger partial charge in [-0.3, -0.25) is 0 Å². The maximum absolute atomic E-state index is 5.63. The topological polar surface area (TPSA) is 18.5 Å². The van der Waals surface area contributed by atoms with Crippen molar-refractivity contribution in [2.24, 2.45) is 0 Å². The second kappa shape index (κ2) is 8.01. The van der Waals surface area contributed by atoms with E-state index < -0.39 is 5.79 Å². The molecule has 14 heavy (non-hydrogen) atoms. The van der Waals surface area contributed by atoms with Crippen LogP contribution in [0.4, 0.5) is 0 Å². The number of unbranched alkanes of at least 4 members (excludes halogenated alkanes) is 2. The van der Waals surface area contributed by atoms with Crippen LogP contribution >= 0.6 is 0 Å². The first-order valence-electron chi connectivity index (χ1n) is 5.60. The van der Waals surface area contributed by atoms with Gasteiger partial charge in [-0.15, -0.1) is 0 Å². The van der Waals surface area contributed by atoms with Crippen LogP contribution < -0.4 is 0 Å². The van der Waals surface area contributed by atoms with Crippen LogP contribution in [0, 0.1) is 0 Å². The van der Waals surface area contributed by atoms with Crippen molar-refractivity contribution in [3.05, 3.63) is 12.7 Å². The molecule has 0 aliphatic heterocycles. The Morgan fingerprint density at radius 2 is 1.50 bits per heavy atom. The predicted octanol–water partition coefficient (Wildman–Crippen LogP) is 3.52. The van der Waals surface area contributed by atoms with Crippen LogP contribution in [0.2, 0.25) is 0 Å². The smallest absolute Gasteiger partial charge is 0.184 e. The van der Waals surface area contributed by atoms with Crippen LogP contribution in [0.1, 0.15) is 46.5 Å². The molecule has 0 atom stereocenters. The van der Waals surface area contributed by atoms with Crippen molar-refractivity contribution in [3.8, 4) is 0 Å². The summed E-state index contributed by atoms with van der Waals surface area (Å²) in [6.45, 7) is 11.4. The average molecular weight is 200 g/mol. The highest BCUT2D eigenvalue weighted by Gasteiger charge is 2.20. The van der Waals surface area contributed by atoms with Crippen molar-refractivity contribution in [1.29, 1.82) is 0 Å². The second-order valence-electron chi connectivity index (χ2n) is 3.62. The summed E-state index contributed by atoms with van der Waals surface area (Å²) in [7, 11) is 0. The van der Waals surface area contributed by atoms with Crippen molar-refractivity contribution in [3.63, 3.8) is 0 Å². The molecular formula is C12H24O2. The summed E-state index contributed by atoms with van der Waals surface area (Å²) < 4.78 is 11.3. The molecule has 0 bridgehead atoms. The molecule has 0 heterocycles. The molecule has 84 valence electrons. The second-order valence-corrected chi connectivity index (χ2v) is 3.62. The lowest BCUT2D eigenvalue weighted by Crippen LogP contribution is -2.30. The molecule has 0 aliphatic rings. The highest BCUT2D eigenvalue weighted by Crippen LogP contribution is 2.15. The molecule has 0 N–H and O–H groups in total. The van der Waals surface area contributed by atoms with Gasteiger partial charge < -0.3 is 9.47 Å². The van der Waals surface area contributed by atoms with E-state index in [1.54, 1.807) is 6.08 Å². The highest BCUT2D eigenvalue weighted by molar-refractivity contribution is 4.85. The van der Waals surface area contributed by atoms with Gasteiger partial charge in [-0.25, -0.2) is 0 Å². The quantitative estimate of drug-likeness (QED) is 0.322. The monoisotopic (exact) mass is 200 g/mol. The van der Waals surface area contributed by atoms with Gasteiger partial charge in [-0.1, -0.05) is 33.3 Å². The average Bonchev–Trinajstić information content (AvgIpc) is 2.19. The zero-order chi connectivity index (χ0) is 10.9. The molecule has 0 amide bonds. The van der Waals surface area contributed by atoms with E-state index in [9.17, 15) is 0 Å². The van der Waals surface area contributed by atoms with E-state index in [1.807, 2.05) is 6.92 Å². The molecule has 0 saturated heterocycles. The minimum absolute atomic E-state index is 0.593. The Bertz CT molecular complexity index is 133. The van der Waals surface area contributed by atoms with Crippen molar-refractivity contribution < 1.29 is 9.47 Å². The first-order chi connectivity index (χ1) is 6.68. The Kier molecular flexibility index (Phi) is 7.81. The fraction of sp³-hybridized carbons (Fsp3) is 0.833. The summed E-state index contributed by atoms with van der Waals surface area (Å²) in [5.41, 5.74) is 0. The standard InChI is InChI=1S/C12H24O2/c1-5-8-10-13-12(4,7-3)14-11-9-6-2/h7H,3,5-6,8-11H2,1-2,4H3. The van der Waals surface area contributed by atoms with E-state index in [0.29, 0.717) is 0 Å². The molecule has 0 unspecified atom stereocenters. The summed E-state index contributed by atoms with van der Waals surface area (Å²) in [6.07, 6.45) is 6.16. The van der Waals surface area contributed by atoms with Gasteiger partial charge in [-0.05, 0) is 25.8 Å². The number of hydrogen-bond acceptors (Lipinski definition) is 2. The molecule has 0 aromatic heterocycles. The van der Waals surface area contributed by atoms with Crippen LogP contribution in [-0.4, -0.2) is 19.0 Å². The van der Waals surface area contributed by atoms with Gasteiger partial charge in [0.05, 0.1) is 13.2 Å². The zero-order valence-corrected chi connectivity index (χ0v) is 9.84. The summed E-state index contributed by atoms with van der Waals surface area (Å²) >= 11 is 0. The molecule has 0 radical (unpaired) electrons. The molecule has 0 rings (SSSR count). The van der Waals surface area contributed by atoms with Crippen molar-refractivity contribution in [2.45, 2.75) is 52.2 Å². The Hall–Kier alpha value is -0.340. The van der Waals surface area contributed by atoms with Crippen LogP contribution in [0.3, 0.4) is 0 Å². The predicted molar refractivity (Wildman–Crippen MR) is 60.3 cm³/mol. The number of ether oxygens (including phenoxy) is 2. The van der Waals surface area contributed by atoms with Gasteiger partial charge in [-0.2, -0.15) is 0 Å². The van der Waals surface area contributed by atoms with E-state index in [0.717, 1.165) is 38.9 Å². The maximum Gasteiger partial charge on any atom is 0.184 e. The third-order valence-electron chi connectivity index (χ3n) is 2.14. The first-order valence-corrected chi connectivity index (χ1v) is 5.60. The molecule has 0 aliphatic carbocycles. The molecule has 2 nitrogen and oxygen atoms in total. The Balaban J connectivity index is 3.73. The zero-order valence-electron chi connectivity index (χ0n) is 9.84. The van der Waals surface area contributed by atoms with E-state index in [-0.39, 0.29) is 0 Å². The minimum Gasteiger partial charge on any atom is -0.347 e. The van der Waals surface area contributed by atoms with Gasteiger partial charge >= 0.3 is 0 Å².